The minimum absolute atomic E-state index is 0.00741. The second-order valence-corrected chi connectivity index (χ2v) is 25.3. The molecule has 0 spiro atoms. The van der Waals surface area contributed by atoms with Gasteiger partial charge in [-0.3, -0.25) is 0 Å². The van der Waals surface area contributed by atoms with E-state index in [0.717, 1.165) is 18.3 Å². The topological polar surface area (TPSA) is 84.8 Å². The van der Waals surface area contributed by atoms with Crippen molar-refractivity contribution in [2.75, 3.05) is 11.8 Å². The predicted molar refractivity (Wildman–Crippen MR) is 189 cm³/mol. The van der Waals surface area contributed by atoms with Gasteiger partial charge in [-0.15, -0.1) is 23.2 Å². The molecule has 0 unspecified atom stereocenters. The molecule has 0 aromatic carbocycles. The van der Waals surface area contributed by atoms with E-state index in [0.29, 0.717) is 5.88 Å². The van der Waals surface area contributed by atoms with Crippen molar-refractivity contribution < 1.29 is 35.5 Å². The maximum absolute atomic E-state index is 9.99. The van der Waals surface area contributed by atoms with Gasteiger partial charge < -0.3 is 35.5 Å². The molecule has 0 aromatic rings. The zero-order valence-electron chi connectivity index (χ0n) is 29.8. The van der Waals surface area contributed by atoms with E-state index in [1.54, 1.807) is 0 Å². The lowest BCUT2D eigenvalue weighted by atomic mass is 10.5. The van der Waals surface area contributed by atoms with Gasteiger partial charge in [-0.25, -0.2) is 0 Å². The average molecular weight is 716 g/mol. The van der Waals surface area contributed by atoms with Gasteiger partial charge in [0.05, 0.1) is 0 Å². The van der Waals surface area contributed by atoms with E-state index in [4.69, 9.17) is 53.9 Å². The van der Waals surface area contributed by atoms with Crippen molar-refractivity contribution in [3.63, 3.8) is 0 Å². The molecule has 14 heteroatoms. The Balaban J connectivity index is -0.000000619. The Morgan fingerprint density at radius 1 is 0.571 bits per heavy atom. The van der Waals surface area contributed by atoms with Crippen molar-refractivity contribution in [3.05, 3.63) is 0 Å². The van der Waals surface area contributed by atoms with Crippen molar-refractivity contribution >= 4 is 58.4 Å². The van der Waals surface area contributed by atoms with Crippen LogP contribution in [0, 0.1) is 0 Å². The zero-order valence-corrected chi connectivity index (χ0v) is 35.5. The maximum Gasteiger partial charge on any atom is 0.677 e. The molecule has 0 aliphatic heterocycles. The summed E-state index contributed by atoms with van der Waals surface area (Å²) in [7, 11) is -8.82. The first-order chi connectivity index (χ1) is 19.0. The Morgan fingerprint density at radius 2 is 0.881 bits per heavy atom. The highest BCUT2D eigenvalue weighted by Gasteiger charge is 2.52. The molecule has 42 heavy (non-hydrogen) atoms. The normalized spacial score (nSPS) is 13.0. The van der Waals surface area contributed by atoms with Gasteiger partial charge in [0.15, 0.2) is 8.32 Å². The third kappa shape index (κ3) is 31.1. The third-order valence-electron chi connectivity index (χ3n) is 4.52. The van der Waals surface area contributed by atoms with E-state index in [9.17, 15) is 4.80 Å². The van der Waals surface area contributed by atoms with Crippen molar-refractivity contribution in [2.24, 2.45) is 0 Å². The molecule has 0 rings (SSSR count). The molecule has 0 atom stereocenters. The monoisotopic (exact) mass is 714 g/mol. The molecule has 0 saturated heterocycles. The number of alkyl halides is 2. The molecule has 8 nitrogen and oxygen atoms in total. The van der Waals surface area contributed by atoms with Gasteiger partial charge in [-0.1, -0.05) is 19.1 Å². The highest BCUT2D eigenvalue weighted by molar-refractivity contribution is 6.79. The van der Waals surface area contributed by atoms with Crippen LogP contribution in [0.5, 0.6) is 0 Å². The van der Waals surface area contributed by atoms with E-state index >= 15 is 0 Å². The van der Waals surface area contributed by atoms with Crippen LogP contribution in [-0.4, -0.2) is 88.4 Å². The number of hydrogen-bond acceptors (Lipinski definition) is 8. The Kier molecular flexibility index (Phi) is 28.6. The average Bonchev–Trinajstić information content (AvgIpc) is 2.73. The van der Waals surface area contributed by atoms with Crippen LogP contribution in [0.1, 0.15) is 95.9 Å². The van der Waals surface area contributed by atoms with Gasteiger partial charge in [0.25, 0.3) is 0 Å². The van der Waals surface area contributed by atoms with Crippen molar-refractivity contribution in [1.82, 2.24) is 0 Å². The highest BCUT2D eigenvalue weighted by atomic mass is 35.5. The first-order valence-electron chi connectivity index (χ1n) is 15.7. The van der Waals surface area contributed by atoms with Crippen LogP contribution in [0.4, 0.5) is 0 Å². The van der Waals surface area contributed by atoms with Crippen LogP contribution in [0.15, 0.2) is 0 Å². The summed E-state index contributed by atoms with van der Waals surface area (Å²) in [6.45, 7) is 31.9. The second kappa shape index (κ2) is 25.2. The molecule has 0 amide bonds. The predicted octanol–water partition coefficient (Wildman–Crippen LogP) is 8.34. The molecule has 0 heterocycles. The molecule has 0 aliphatic rings. The minimum Gasteiger partial charge on any atom is -0.394 e. The zero-order chi connectivity index (χ0) is 33.7. The van der Waals surface area contributed by atoms with Crippen molar-refractivity contribution in [1.29, 1.82) is 0 Å². The summed E-state index contributed by atoms with van der Waals surface area (Å²) in [5.74, 6) is 1.50. The van der Waals surface area contributed by atoms with Crippen LogP contribution < -0.4 is 0 Å². The van der Waals surface area contributed by atoms with E-state index in [1.165, 1.54) is 12.5 Å². The molecular weight excluding hydrogens is 648 g/mol. The first kappa shape index (κ1) is 47.5. The van der Waals surface area contributed by atoms with E-state index < -0.39 is 26.4 Å². The molecule has 0 radical (unpaired) electrons. The van der Waals surface area contributed by atoms with Crippen LogP contribution in [0.25, 0.3) is 0 Å². The summed E-state index contributed by atoms with van der Waals surface area (Å²) < 4.78 is 40.5. The summed E-state index contributed by atoms with van der Waals surface area (Å²) in [5.41, 5.74) is 0. The molecule has 258 valence electrons. The standard InChI is InChI=1S/C14H33ClO4Si2.C9H22O4Si.C5H13ClSi/c1-12(2)16-21(17-13(3)4,18-14(5)6)19-20(7,8)11-9-10-15;1-7(2)11-14(10,12-8(3)4)13-9(5)6;1-7(2)5-3-4-6/h12-14H,9-11H2,1-8H3;7-10H,1-6H3;7H,3-5H2,1-2H3. The summed E-state index contributed by atoms with van der Waals surface area (Å²) in [4.78, 5) is 9.99. The van der Waals surface area contributed by atoms with Crippen LogP contribution in [-0.2, 0) is 30.7 Å². The van der Waals surface area contributed by atoms with E-state index in [1.807, 2.05) is 83.1 Å². The molecule has 0 aliphatic carbocycles. The Labute approximate surface area is 275 Å². The van der Waals surface area contributed by atoms with Crippen molar-refractivity contribution in [2.45, 2.75) is 171 Å². The van der Waals surface area contributed by atoms with Gasteiger partial charge in [-0.2, -0.15) is 0 Å². The Morgan fingerprint density at radius 3 is 1.10 bits per heavy atom. The fraction of sp³-hybridized carbons (Fsp3) is 1.00. The molecule has 0 saturated carbocycles. The van der Waals surface area contributed by atoms with Crippen molar-refractivity contribution in [3.8, 4) is 0 Å². The summed E-state index contributed by atoms with van der Waals surface area (Å²) >= 11 is 11.3. The van der Waals surface area contributed by atoms with Gasteiger partial charge in [0.1, 0.15) is 0 Å². The molecule has 0 aromatic heterocycles. The Hall–Kier alpha value is 1.13. The van der Waals surface area contributed by atoms with E-state index in [-0.39, 0.29) is 45.4 Å². The number of hydrogen-bond donors (Lipinski definition) is 1. The number of rotatable bonds is 20. The quantitative estimate of drug-likeness (QED) is 0.0996. The highest BCUT2D eigenvalue weighted by Crippen LogP contribution is 2.26. The maximum atomic E-state index is 9.99. The van der Waals surface area contributed by atoms with Crippen LogP contribution in [0.3, 0.4) is 0 Å². The summed E-state index contributed by atoms with van der Waals surface area (Å²) in [6.07, 6.45) is 1.82. The SMILES string of the molecule is CC(C)O[Si](O)(OC(C)C)OC(C)C.CC(C)O[Si](OC(C)C)(OC(C)C)O[Si](C)(C)CCCCl.C[SiH](C)CCCCl. The molecule has 0 fully saturated rings. The fourth-order valence-corrected chi connectivity index (χ4v) is 13.7. The molecule has 0 bridgehead atoms. The van der Waals surface area contributed by atoms with E-state index in [2.05, 4.69) is 26.2 Å². The minimum atomic E-state index is -3.44. The lowest BCUT2D eigenvalue weighted by Gasteiger charge is -2.38. The van der Waals surface area contributed by atoms with Crippen LogP contribution in [0.2, 0.25) is 38.3 Å². The smallest absolute Gasteiger partial charge is 0.394 e. The molecular formula is C28H68Cl2O8Si4. The van der Waals surface area contributed by atoms with Gasteiger partial charge in [-0.05, 0) is 115 Å². The van der Waals surface area contributed by atoms with Gasteiger partial charge >= 0.3 is 18.1 Å². The summed E-state index contributed by atoms with van der Waals surface area (Å²) in [6, 6.07) is 2.37. The van der Waals surface area contributed by atoms with Crippen LogP contribution >= 0.6 is 23.2 Å². The first-order valence-corrected chi connectivity index (χ1v) is 26.3. The third-order valence-corrected chi connectivity index (χ3v) is 16.0. The van der Waals surface area contributed by atoms with Gasteiger partial charge in [0, 0.05) is 57.2 Å². The second-order valence-electron chi connectivity index (χ2n) is 12.9. The fourth-order valence-electron chi connectivity index (χ4n) is 3.37. The number of halogens is 2. The van der Waals surface area contributed by atoms with Gasteiger partial charge in [0.2, 0.25) is 0 Å². The Bertz CT molecular complexity index is 576. The lowest BCUT2D eigenvalue weighted by Crippen LogP contribution is -2.58. The lowest BCUT2D eigenvalue weighted by molar-refractivity contribution is -0.0538. The molecule has 1 N–H and O–H groups in total. The largest absolute Gasteiger partial charge is 0.677 e. The summed E-state index contributed by atoms with van der Waals surface area (Å²) in [5, 5.41) is 0.